The van der Waals surface area contributed by atoms with Crippen LogP contribution in [0.4, 0.5) is 0 Å². The van der Waals surface area contributed by atoms with Gasteiger partial charge in [0.1, 0.15) is 5.75 Å². The van der Waals surface area contributed by atoms with E-state index in [0.29, 0.717) is 22.0 Å². The van der Waals surface area contributed by atoms with Crippen LogP contribution in [-0.2, 0) is 0 Å². The smallest absolute Gasteiger partial charge is 0.274 e. The first-order chi connectivity index (χ1) is 14.0. The molecule has 0 aromatic heterocycles. The Morgan fingerprint density at radius 2 is 1.52 bits per heavy atom. The third kappa shape index (κ3) is 4.14. The summed E-state index contributed by atoms with van der Waals surface area (Å²) in [5, 5.41) is 7.47. The molecule has 4 nitrogen and oxygen atoms in total. The predicted molar refractivity (Wildman–Crippen MR) is 116 cm³/mol. The molecule has 4 rings (SSSR count). The number of hydrazone groups is 1. The molecular formula is C23H18Cl2N2O2. The van der Waals surface area contributed by atoms with Gasteiger partial charge in [0.25, 0.3) is 5.91 Å². The van der Waals surface area contributed by atoms with Crippen molar-refractivity contribution in [3.8, 4) is 5.75 Å². The number of benzene rings is 3. The molecule has 0 radical (unpaired) electrons. The SMILES string of the molecule is COc1ccc([C@H]2CC(c3ccc(Cl)cc3)=NN2C(=O)c2ccc(Cl)cc2)cc1. The lowest BCUT2D eigenvalue weighted by molar-refractivity contribution is 0.0711. The summed E-state index contributed by atoms with van der Waals surface area (Å²) in [6.45, 7) is 0. The van der Waals surface area contributed by atoms with Gasteiger partial charge >= 0.3 is 0 Å². The summed E-state index contributed by atoms with van der Waals surface area (Å²) < 4.78 is 5.25. The number of halogens is 2. The Morgan fingerprint density at radius 3 is 2.10 bits per heavy atom. The maximum atomic E-state index is 13.2. The van der Waals surface area contributed by atoms with Gasteiger partial charge in [-0.3, -0.25) is 4.79 Å². The van der Waals surface area contributed by atoms with Crippen LogP contribution in [0.15, 0.2) is 77.9 Å². The van der Waals surface area contributed by atoms with Gasteiger partial charge in [0.05, 0.1) is 18.9 Å². The van der Waals surface area contributed by atoms with E-state index in [1.54, 1.807) is 36.4 Å². The molecule has 0 saturated heterocycles. The molecule has 0 saturated carbocycles. The van der Waals surface area contributed by atoms with Crippen molar-refractivity contribution in [2.24, 2.45) is 5.10 Å². The molecule has 0 bridgehead atoms. The largest absolute Gasteiger partial charge is 0.497 e. The molecule has 1 atom stereocenters. The van der Waals surface area contributed by atoms with E-state index in [1.807, 2.05) is 48.5 Å². The van der Waals surface area contributed by atoms with E-state index in [9.17, 15) is 4.79 Å². The Kier molecular flexibility index (Phi) is 5.56. The van der Waals surface area contributed by atoms with Crippen molar-refractivity contribution < 1.29 is 9.53 Å². The van der Waals surface area contributed by atoms with E-state index in [-0.39, 0.29) is 11.9 Å². The van der Waals surface area contributed by atoms with Crippen molar-refractivity contribution in [3.05, 3.63) is 99.5 Å². The van der Waals surface area contributed by atoms with Gasteiger partial charge in [-0.25, -0.2) is 5.01 Å². The van der Waals surface area contributed by atoms with Gasteiger partial charge in [-0.15, -0.1) is 0 Å². The molecule has 1 amide bonds. The number of methoxy groups -OCH3 is 1. The van der Waals surface area contributed by atoms with Gasteiger partial charge < -0.3 is 4.74 Å². The van der Waals surface area contributed by atoms with Gasteiger partial charge in [-0.1, -0.05) is 47.5 Å². The Balaban J connectivity index is 1.71. The van der Waals surface area contributed by atoms with Crippen molar-refractivity contribution in [2.45, 2.75) is 12.5 Å². The summed E-state index contributed by atoms with van der Waals surface area (Å²) in [5.41, 5.74) is 3.30. The van der Waals surface area contributed by atoms with E-state index < -0.39 is 0 Å². The van der Waals surface area contributed by atoms with E-state index in [2.05, 4.69) is 5.10 Å². The summed E-state index contributed by atoms with van der Waals surface area (Å²) in [6.07, 6.45) is 0.604. The average Bonchev–Trinajstić information content (AvgIpc) is 3.20. The van der Waals surface area contributed by atoms with Crippen molar-refractivity contribution >= 4 is 34.8 Å². The van der Waals surface area contributed by atoms with E-state index in [4.69, 9.17) is 27.9 Å². The van der Waals surface area contributed by atoms with Gasteiger partial charge in [-0.05, 0) is 59.7 Å². The van der Waals surface area contributed by atoms with Gasteiger partial charge in [0.15, 0.2) is 0 Å². The Hall–Kier alpha value is -2.82. The molecule has 1 aliphatic rings. The Labute approximate surface area is 179 Å². The quantitative estimate of drug-likeness (QED) is 0.515. The van der Waals surface area contributed by atoms with Crippen LogP contribution < -0.4 is 4.74 Å². The van der Waals surface area contributed by atoms with Crippen molar-refractivity contribution in [2.75, 3.05) is 7.11 Å². The van der Waals surface area contributed by atoms with Crippen LogP contribution in [0.5, 0.6) is 5.75 Å². The number of ether oxygens (including phenoxy) is 1. The van der Waals surface area contributed by atoms with Crippen LogP contribution >= 0.6 is 23.2 Å². The fourth-order valence-electron chi connectivity index (χ4n) is 3.32. The van der Waals surface area contributed by atoms with Crippen LogP contribution in [0.1, 0.15) is 33.9 Å². The monoisotopic (exact) mass is 424 g/mol. The summed E-state index contributed by atoms with van der Waals surface area (Å²) in [7, 11) is 1.63. The molecule has 29 heavy (non-hydrogen) atoms. The predicted octanol–water partition coefficient (Wildman–Crippen LogP) is 5.99. The summed E-state index contributed by atoms with van der Waals surface area (Å²) >= 11 is 12.0. The highest BCUT2D eigenvalue weighted by atomic mass is 35.5. The number of carbonyl (C=O) groups is 1. The highest BCUT2D eigenvalue weighted by Gasteiger charge is 2.33. The van der Waals surface area contributed by atoms with Gasteiger partial charge in [-0.2, -0.15) is 5.10 Å². The van der Waals surface area contributed by atoms with Crippen molar-refractivity contribution in [1.82, 2.24) is 5.01 Å². The second-order valence-corrected chi connectivity index (χ2v) is 7.58. The lowest BCUT2D eigenvalue weighted by Gasteiger charge is -2.22. The Bertz CT molecular complexity index is 1050. The second kappa shape index (κ2) is 8.27. The number of hydrogen-bond donors (Lipinski definition) is 0. The first-order valence-electron chi connectivity index (χ1n) is 9.11. The fourth-order valence-corrected chi connectivity index (χ4v) is 3.58. The third-order valence-electron chi connectivity index (χ3n) is 4.89. The molecular weight excluding hydrogens is 407 g/mol. The van der Waals surface area contributed by atoms with E-state index in [0.717, 1.165) is 22.6 Å². The van der Waals surface area contributed by atoms with Gasteiger partial charge in [0.2, 0.25) is 0 Å². The maximum absolute atomic E-state index is 13.2. The highest BCUT2D eigenvalue weighted by Crippen LogP contribution is 2.35. The molecule has 1 heterocycles. The molecule has 0 unspecified atom stereocenters. The summed E-state index contributed by atoms with van der Waals surface area (Å²) in [4.78, 5) is 13.2. The number of rotatable bonds is 4. The van der Waals surface area contributed by atoms with Crippen LogP contribution in [-0.4, -0.2) is 23.7 Å². The van der Waals surface area contributed by atoms with Crippen molar-refractivity contribution in [3.63, 3.8) is 0 Å². The lowest BCUT2D eigenvalue weighted by atomic mass is 9.98. The van der Waals surface area contributed by atoms with Crippen LogP contribution in [0.2, 0.25) is 10.0 Å². The highest BCUT2D eigenvalue weighted by molar-refractivity contribution is 6.31. The first kappa shape index (κ1) is 19.5. The number of amides is 1. The maximum Gasteiger partial charge on any atom is 0.274 e. The minimum Gasteiger partial charge on any atom is -0.497 e. The zero-order valence-corrected chi connectivity index (χ0v) is 17.2. The standard InChI is InChI=1S/C23H18Cl2N2O2/c1-29-20-12-6-16(7-13-20)22-14-21(15-2-8-18(24)9-3-15)26-27(22)23(28)17-4-10-19(25)11-5-17/h2-13,22H,14H2,1H3/t22-/m1/s1. The number of hydrogen-bond acceptors (Lipinski definition) is 3. The molecule has 3 aromatic rings. The van der Waals surface area contributed by atoms with Crippen LogP contribution in [0, 0.1) is 0 Å². The first-order valence-corrected chi connectivity index (χ1v) is 9.87. The molecule has 3 aromatic carbocycles. The lowest BCUT2D eigenvalue weighted by Crippen LogP contribution is -2.27. The van der Waals surface area contributed by atoms with E-state index in [1.165, 1.54) is 0 Å². The third-order valence-corrected chi connectivity index (χ3v) is 5.39. The van der Waals surface area contributed by atoms with Crippen molar-refractivity contribution in [1.29, 1.82) is 0 Å². The van der Waals surface area contributed by atoms with Gasteiger partial charge in [0, 0.05) is 22.0 Å². The molecule has 1 aliphatic heterocycles. The normalized spacial score (nSPS) is 15.9. The Morgan fingerprint density at radius 1 is 0.931 bits per heavy atom. The average molecular weight is 425 g/mol. The summed E-state index contributed by atoms with van der Waals surface area (Å²) in [6, 6.07) is 21.8. The second-order valence-electron chi connectivity index (χ2n) is 6.70. The minimum atomic E-state index is -0.213. The molecule has 0 N–H and O–H groups in total. The van der Waals surface area contributed by atoms with Crippen LogP contribution in [0.25, 0.3) is 0 Å². The topological polar surface area (TPSA) is 41.9 Å². The molecule has 146 valence electrons. The molecule has 0 aliphatic carbocycles. The van der Waals surface area contributed by atoms with E-state index >= 15 is 0 Å². The zero-order valence-electron chi connectivity index (χ0n) is 15.7. The number of nitrogens with zero attached hydrogens (tertiary/aromatic N) is 2. The number of carbonyl (C=O) groups excluding carboxylic acids is 1. The fraction of sp³-hybridized carbons (Fsp3) is 0.130. The zero-order chi connectivity index (χ0) is 20.4. The summed E-state index contributed by atoms with van der Waals surface area (Å²) in [5.74, 6) is 0.590. The molecule has 0 fully saturated rings. The molecule has 6 heteroatoms. The molecule has 0 spiro atoms. The minimum absolute atomic E-state index is 0.175. The van der Waals surface area contributed by atoms with Crippen LogP contribution in [0.3, 0.4) is 0 Å².